The minimum absolute atomic E-state index is 0.0254. The first-order valence-electron chi connectivity index (χ1n) is 6.44. The molecule has 1 fully saturated rings. The van der Waals surface area contributed by atoms with Crippen molar-refractivity contribution in [1.82, 2.24) is 9.03 Å². The molecule has 1 aromatic carbocycles. The number of hydrogen-bond donors (Lipinski definition) is 1. The van der Waals surface area contributed by atoms with Gasteiger partial charge in [0.05, 0.1) is 5.56 Å². The van der Waals surface area contributed by atoms with E-state index in [1.807, 2.05) is 4.72 Å². The molecule has 1 aromatic rings. The van der Waals surface area contributed by atoms with E-state index < -0.39 is 39.7 Å². The lowest BCUT2D eigenvalue weighted by Crippen LogP contribution is -2.40. The Hall–Kier alpha value is -1.61. The molecule has 1 saturated carbocycles. The predicted molar refractivity (Wildman–Crippen MR) is 73.0 cm³/mol. The maximum Gasteiger partial charge on any atom is 0.416 e. The average Bonchev–Trinajstić information content (AvgIpc) is 3.17. The van der Waals surface area contributed by atoms with Gasteiger partial charge in [-0.1, -0.05) is 18.2 Å². The fraction of sp³-hybridized carbons (Fsp3) is 0.462. The standard InChI is InChI=1S/C13H15F3N2O3S/c1-18(2)22(20,21)17-12(19)10-7-9(10)8-5-3-4-6-11(8)13(14,15)16/h3-6,9-10H,7H2,1-2H3,(H,17,19)/t9-,10-/m0/s1. The van der Waals surface area contributed by atoms with Gasteiger partial charge in [-0.05, 0) is 24.0 Å². The van der Waals surface area contributed by atoms with E-state index in [0.29, 0.717) is 0 Å². The second-order valence-electron chi connectivity index (χ2n) is 5.29. The number of amides is 1. The van der Waals surface area contributed by atoms with Gasteiger partial charge in [-0.3, -0.25) is 4.79 Å². The van der Waals surface area contributed by atoms with Crippen molar-refractivity contribution in [3.63, 3.8) is 0 Å². The molecule has 0 aromatic heterocycles. The summed E-state index contributed by atoms with van der Waals surface area (Å²) >= 11 is 0. The van der Waals surface area contributed by atoms with Gasteiger partial charge in [0.25, 0.3) is 0 Å². The Morgan fingerprint density at radius 3 is 2.41 bits per heavy atom. The Morgan fingerprint density at radius 1 is 1.27 bits per heavy atom. The van der Waals surface area contributed by atoms with Crippen LogP contribution in [0, 0.1) is 5.92 Å². The molecule has 0 unspecified atom stereocenters. The highest BCUT2D eigenvalue weighted by molar-refractivity contribution is 7.87. The molecule has 0 bridgehead atoms. The summed E-state index contributed by atoms with van der Waals surface area (Å²) in [5.41, 5.74) is -0.761. The number of carbonyl (C=O) groups is 1. The van der Waals surface area contributed by atoms with Crippen molar-refractivity contribution >= 4 is 16.1 Å². The molecule has 0 aliphatic heterocycles. The van der Waals surface area contributed by atoms with Crippen LogP contribution in [0.5, 0.6) is 0 Å². The van der Waals surface area contributed by atoms with Crippen LogP contribution in [0.1, 0.15) is 23.5 Å². The van der Waals surface area contributed by atoms with E-state index in [1.165, 1.54) is 32.3 Å². The summed E-state index contributed by atoms with van der Waals surface area (Å²) in [4.78, 5) is 11.9. The summed E-state index contributed by atoms with van der Waals surface area (Å²) in [7, 11) is -1.44. The van der Waals surface area contributed by atoms with E-state index in [2.05, 4.69) is 0 Å². The number of benzene rings is 1. The maximum absolute atomic E-state index is 12.9. The van der Waals surface area contributed by atoms with Crippen LogP contribution in [-0.4, -0.2) is 32.7 Å². The molecule has 1 amide bonds. The Labute approximate surface area is 126 Å². The molecular weight excluding hydrogens is 321 g/mol. The Morgan fingerprint density at radius 2 is 1.86 bits per heavy atom. The predicted octanol–water partition coefficient (Wildman–Crippen LogP) is 1.73. The number of nitrogens with zero attached hydrogens (tertiary/aromatic N) is 1. The number of hydrogen-bond acceptors (Lipinski definition) is 3. The molecule has 0 heterocycles. The van der Waals surface area contributed by atoms with Crippen LogP contribution in [-0.2, 0) is 21.2 Å². The van der Waals surface area contributed by atoms with E-state index in [1.54, 1.807) is 0 Å². The van der Waals surface area contributed by atoms with Crippen molar-refractivity contribution in [3.05, 3.63) is 35.4 Å². The Kier molecular flexibility index (Phi) is 4.22. The number of nitrogens with one attached hydrogen (secondary N) is 1. The van der Waals surface area contributed by atoms with E-state index in [4.69, 9.17) is 0 Å². The zero-order valence-electron chi connectivity index (χ0n) is 11.9. The summed E-state index contributed by atoms with van der Waals surface area (Å²) in [6.45, 7) is 0. The second kappa shape index (κ2) is 5.54. The second-order valence-corrected chi connectivity index (χ2v) is 7.17. The van der Waals surface area contributed by atoms with Crippen LogP contribution >= 0.6 is 0 Å². The minimum atomic E-state index is -4.50. The monoisotopic (exact) mass is 336 g/mol. The molecule has 2 atom stereocenters. The third-order valence-corrected chi connectivity index (χ3v) is 4.92. The maximum atomic E-state index is 12.9. The fourth-order valence-electron chi connectivity index (χ4n) is 2.20. The van der Waals surface area contributed by atoms with Gasteiger partial charge in [0, 0.05) is 20.0 Å². The van der Waals surface area contributed by atoms with Gasteiger partial charge in [0.15, 0.2) is 0 Å². The van der Waals surface area contributed by atoms with Gasteiger partial charge >= 0.3 is 16.4 Å². The molecule has 2 rings (SSSR count). The smallest absolute Gasteiger partial charge is 0.274 e. The molecule has 5 nitrogen and oxygen atoms in total. The van der Waals surface area contributed by atoms with E-state index in [0.717, 1.165) is 10.4 Å². The summed E-state index contributed by atoms with van der Waals surface area (Å²) in [5.74, 6) is -2.16. The lowest BCUT2D eigenvalue weighted by molar-refractivity contribution is -0.138. The van der Waals surface area contributed by atoms with Crippen LogP contribution < -0.4 is 4.72 Å². The zero-order valence-corrected chi connectivity index (χ0v) is 12.7. The SMILES string of the molecule is CN(C)S(=O)(=O)NC(=O)[C@H]1C[C@H]1c1ccccc1C(F)(F)F. The lowest BCUT2D eigenvalue weighted by Gasteiger charge is -2.14. The number of rotatable bonds is 4. The average molecular weight is 336 g/mol. The molecule has 0 spiro atoms. The Bertz CT molecular complexity index is 686. The first kappa shape index (κ1) is 16.8. The first-order chi connectivity index (χ1) is 10.0. The van der Waals surface area contributed by atoms with Gasteiger partial charge in [-0.15, -0.1) is 0 Å². The molecular formula is C13H15F3N2O3S. The largest absolute Gasteiger partial charge is 0.416 e. The molecule has 22 heavy (non-hydrogen) atoms. The van der Waals surface area contributed by atoms with Crippen LogP contribution in [0.2, 0.25) is 0 Å². The molecule has 0 radical (unpaired) electrons. The number of alkyl halides is 3. The van der Waals surface area contributed by atoms with Gasteiger partial charge in [0.2, 0.25) is 5.91 Å². The van der Waals surface area contributed by atoms with E-state index in [9.17, 15) is 26.4 Å². The molecule has 1 aliphatic rings. The quantitative estimate of drug-likeness (QED) is 0.911. The van der Waals surface area contributed by atoms with Gasteiger partial charge < -0.3 is 0 Å². The van der Waals surface area contributed by atoms with Crippen molar-refractivity contribution in [2.45, 2.75) is 18.5 Å². The van der Waals surface area contributed by atoms with Crippen molar-refractivity contribution in [1.29, 1.82) is 0 Å². The third-order valence-electron chi connectivity index (χ3n) is 3.50. The molecule has 122 valence electrons. The molecule has 1 N–H and O–H groups in total. The van der Waals surface area contributed by atoms with E-state index in [-0.39, 0.29) is 12.0 Å². The summed E-state index contributed by atoms with van der Waals surface area (Å²) < 4.78 is 64.6. The summed E-state index contributed by atoms with van der Waals surface area (Å²) in [6.07, 6.45) is -4.31. The van der Waals surface area contributed by atoms with Crippen molar-refractivity contribution in [3.8, 4) is 0 Å². The lowest BCUT2D eigenvalue weighted by atomic mass is 10.0. The topological polar surface area (TPSA) is 66.5 Å². The highest BCUT2D eigenvalue weighted by atomic mass is 32.2. The Balaban J connectivity index is 2.16. The number of carbonyl (C=O) groups excluding carboxylic acids is 1. The van der Waals surface area contributed by atoms with Crippen LogP contribution in [0.3, 0.4) is 0 Å². The van der Waals surface area contributed by atoms with Crippen molar-refractivity contribution < 1.29 is 26.4 Å². The van der Waals surface area contributed by atoms with Crippen LogP contribution in [0.15, 0.2) is 24.3 Å². The first-order valence-corrected chi connectivity index (χ1v) is 7.88. The van der Waals surface area contributed by atoms with Crippen LogP contribution in [0.25, 0.3) is 0 Å². The summed E-state index contributed by atoms with van der Waals surface area (Å²) in [5, 5.41) is 0. The molecule has 0 saturated heterocycles. The highest BCUT2D eigenvalue weighted by Crippen LogP contribution is 2.51. The molecule has 1 aliphatic carbocycles. The number of halogens is 3. The zero-order chi connectivity index (χ0) is 16.7. The van der Waals surface area contributed by atoms with E-state index >= 15 is 0 Å². The van der Waals surface area contributed by atoms with Crippen molar-refractivity contribution in [2.24, 2.45) is 5.92 Å². The van der Waals surface area contributed by atoms with Crippen LogP contribution in [0.4, 0.5) is 13.2 Å². The van der Waals surface area contributed by atoms with Gasteiger partial charge in [-0.2, -0.15) is 25.9 Å². The fourth-order valence-corrected chi connectivity index (χ4v) is 2.79. The van der Waals surface area contributed by atoms with Gasteiger partial charge in [0.1, 0.15) is 0 Å². The minimum Gasteiger partial charge on any atom is -0.274 e. The molecule has 9 heteroatoms. The highest BCUT2D eigenvalue weighted by Gasteiger charge is 2.48. The summed E-state index contributed by atoms with van der Waals surface area (Å²) in [6, 6.07) is 5.02. The normalized spacial score (nSPS) is 21.7. The third kappa shape index (κ3) is 3.41. The van der Waals surface area contributed by atoms with Crippen molar-refractivity contribution in [2.75, 3.05) is 14.1 Å². The van der Waals surface area contributed by atoms with Gasteiger partial charge in [-0.25, -0.2) is 4.72 Å².